The highest BCUT2D eigenvalue weighted by Crippen LogP contribution is 2.05. The summed E-state index contributed by atoms with van der Waals surface area (Å²) >= 11 is -2.36. The molecule has 6 heteroatoms. The zero-order valence-corrected chi connectivity index (χ0v) is 7.45. The zero-order chi connectivity index (χ0) is 9.68. The molecule has 0 aliphatic rings. The van der Waals surface area contributed by atoms with Crippen LogP contribution in [-0.2, 0) is 11.3 Å². The quantitative estimate of drug-likeness (QED) is 0.596. The first-order chi connectivity index (χ1) is 6.20. The Morgan fingerprint density at radius 3 is 2.69 bits per heavy atom. The van der Waals surface area contributed by atoms with E-state index in [2.05, 4.69) is 15.1 Å². The number of imidazole rings is 1. The van der Waals surface area contributed by atoms with Crippen molar-refractivity contribution in [3.05, 3.63) is 30.6 Å². The Balaban J connectivity index is 0.000000184. The van der Waals surface area contributed by atoms with Crippen molar-refractivity contribution in [2.24, 2.45) is 5.14 Å². The van der Waals surface area contributed by atoms with Crippen LogP contribution < -0.4 is 5.14 Å². The number of aromatic nitrogens is 2. The molecule has 1 aromatic heterocycles. The molecule has 0 aliphatic heterocycles. The largest absolute Gasteiger partial charge is 0.760 e. The number of fused-ring (bicyclic) bond motifs is 1. The van der Waals surface area contributed by atoms with E-state index in [1.165, 1.54) is 0 Å². The maximum atomic E-state index is 8.78. The van der Waals surface area contributed by atoms with Crippen LogP contribution in [0.25, 0.3) is 11.0 Å². The van der Waals surface area contributed by atoms with Crippen LogP contribution in [0.5, 0.6) is 0 Å². The van der Waals surface area contributed by atoms with Gasteiger partial charge in [0.05, 0.1) is 17.4 Å². The minimum absolute atomic E-state index is 1.03. The predicted molar refractivity (Wildman–Crippen MR) is 49.2 cm³/mol. The third-order valence-corrected chi connectivity index (χ3v) is 1.33. The van der Waals surface area contributed by atoms with Crippen molar-refractivity contribution in [2.75, 3.05) is 0 Å². The summed E-state index contributed by atoms with van der Waals surface area (Å²) in [6.07, 6.45) is 1.70. The fourth-order valence-corrected chi connectivity index (χ4v) is 0.880. The smallest absolute Gasteiger partial charge is 0.0931 e. The van der Waals surface area contributed by atoms with Gasteiger partial charge in [-0.2, -0.15) is 0 Å². The molecule has 1 unspecified atom stereocenters. The topological polar surface area (TPSA) is 94.8 Å². The van der Waals surface area contributed by atoms with Crippen LogP contribution >= 0.6 is 0 Å². The lowest BCUT2D eigenvalue weighted by Gasteiger charge is -1.85. The van der Waals surface area contributed by atoms with E-state index in [0.717, 1.165) is 11.0 Å². The van der Waals surface area contributed by atoms with Gasteiger partial charge >= 0.3 is 0 Å². The molecular weight excluding hydrogens is 190 g/mol. The molecule has 0 radical (unpaired) electrons. The summed E-state index contributed by atoms with van der Waals surface area (Å²) in [5.41, 5.74) is 2.12. The minimum Gasteiger partial charge on any atom is -0.760 e. The number of nitrogens with one attached hydrogen (secondary N) is 1. The third kappa shape index (κ3) is 3.32. The molecule has 0 saturated heterocycles. The molecule has 70 valence electrons. The molecule has 1 atom stereocenters. The summed E-state index contributed by atoms with van der Waals surface area (Å²) < 4.78 is 17.6. The Bertz CT molecular complexity index is 367. The Morgan fingerprint density at radius 2 is 2.08 bits per heavy atom. The van der Waals surface area contributed by atoms with Crippen LogP contribution in [0.1, 0.15) is 0 Å². The summed E-state index contributed by atoms with van der Waals surface area (Å²) in [4.78, 5) is 7.07. The highest BCUT2D eigenvalue weighted by molar-refractivity contribution is 7.76. The Kier molecular flexibility index (Phi) is 3.56. The number of benzene rings is 1. The zero-order valence-electron chi connectivity index (χ0n) is 6.64. The van der Waals surface area contributed by atoms with Crippen molar-refractivity contribution in [1.29, 1.82) is 0 Å². The van der Waals surface area contributed by atoms with E-state index in [9.17, 15) is 0 Å². The number of H-pyrrole nitrogens is 1. The van der Waals surface area contributed by atoms with Gasteiger partial charge in [-0.1, -0.05) is 12.1 Å². The standard InChI is InChI=1S/C7H6N2.H3NO2S/c1-2-4-7-6(3-1)8-5-9-7;1-4(2)3/h1-5H,(H,8,9);1H2,(H,2,3)/p-1. The van der Waals surface area contributed by atoms with Crippen LogP contribution in [-0.4, -0.2) is 18.7 Å². The molecule has 0 amide bonds. The number of hydrogen-bond acceptors (Lipinski definition) is 3. The van der Waals surface area contributed by atoms with Crippen molar-refractivity contribution in [2.45, 2.75) is 0 Å². The molecule has 0 aliphatic carbocycles. The van der Waals surface area contributed by atoms with E-state index in [4.69, 9.17) is 8.76 Å². The minimum atomic E-state index is -2.36. The van der Waals surface area contributed by atoms with Gasteiger partial charge < -0.3 is 9.54 Å². The maximum Gasteiger partial charge on any atom is 0.0931 e. The van der Waals surface area contributed by atoms with Crippen molar-refractivity contribution in [3.63, 3.8) is 0 Å². The second-order valence-electron chi connectivity index (χ2n) is 2.18. The summed E-state index contributed by atoms with van der Waals surface area (Å²) in [5, 5.41) is 4.03. The van der Waals surface area contributed by atoms with E-state index in [0.29, 0.717) is 0 Å². The first kappa shape index (κ1) is 9.85. The number of aromatic amines is 1. The van der Waals surface area contributed by atoms with Gasteiger partial charge in [-0.3, -0.25) is 9.35 Å². The van der Waals surface area contributed by atoms with Gasteiger partial charge in [0.1, 0.15) is 0 Å². The number of rotatable bonds is 0. The van der Waals surface area contributed by atoms with E-state index in [1.807, 2.05) is 24.3 Å². The number of nitrogens with two attached hydrogens (primary N) is 1. The fourth-order valence-electron chi connectivity index (χ4n) is 0.880. The summed E-state index contributed by atoms with van der Waals surface area (Å²) in [6, 6.07) is 7.94. The molecule has 13 heavy (non-hydrogen) atoms. The van der Waals surface area contributed by atoms with E-state index in [-0.39, 0.29) is 0 Å². The molecule has 3 N–H and O–H groups in total. The molecule has 1 aromatic carbocycles. The number of para-hydroxylation sites is 2. The third-order valence-electron chi connectivity index (χ3n) is 1.33. The average molecular weight is 198 g/mol. The van der Waals surface area contributed by atoms with Gasteiger partial charge in [0.15, 0.2) is 0 Å². The lowest BCUT2D eigenvalue weighted by Crippen LogP contribution is -1.97. The molecule has 2 rings (SSSR count). The first-order valence-electron chi connectivity index (χ1n) is 3.42. The molecular formula is C7H8N3O2S-. The Hall–Kier alpha value is -1.24. The van der Waals surface area contributed by atoms with E-state index < -0.39 is 11.3 Å². The van der Waals surface area contributed by atoms with Crippen molar-refractivity contribution in [1.82, 2.24) is 9.97 Å². The average Bonchev–Trinajstić information content (AvgIpc) is 2.49. The summed E-state index contributed by atoms with van der Waals surface area (Å²) in [6.45, 7) is 0. The molecule has 0 spiro atoms. The first-order valence-corrected chi connectivity index (χ1v) is 4.55. The summed E-state index contributed by atoms with van der Waals surface area (Å²) in [7, 11) is 0. The molecule has 0 bridgehead atoms. The lowest BCUT2D eigenvalue weighted by atomic mass is 10.3. The molecule has 0 saturated carbocycles. The van der Waals surface area contributed by atoms with Gasteiger partial charge in [0.2, 0.25) is 0 Å². The highest BCUT2D eigenvalue weighted by Gasteiger charge is 1.88. The summed E-state index contributed by atoms with van der Waals surface area (Å²) in [5.74, 6) is 0. The van der Waals surface area contributed by atoms with Crippen molar-refractivity contribution >= 4 is 22.3 Å². The molecule has 2 aromatic rings. The normalized spacial score (nSPS) is 11.8. The van der Waals surface area contributed by atoms with Gasteiger partial charge in [-0.15, -0.1) is 0 Å². The van der Waals surface area contributed by atoms with Gasteiger partial charge in [-0.25, -0.2) is 4.98 Å². The SMILES string of the molecule is NS(=O)[O-].c1ccc2[nH]cnc2c1. The van der Waals surface area contributed by atoms with Crippen LogP contribution in [0.4, 0.5) is 0 Å². The van der Waals surface area contributed by atoms with Crippen molar-refractivity contribution in [3.8, 4) is 0 Å². The molecule has 5 nitrogen and oxygen atoms in total. The predicted octanol–water partition coefficient (Wildman–Crippen LogP) is 0.302. The van der Waals surface area contributed by atoms with Gasteiger partial charge in [0.25, 0.3) is 0 Å². The Morgan fingerprint density at radius 1 is 1.46 bits per heavy atom. The second kappa shape index (κ2) is 4.70. The van der Waals surface area contributed by atoms with E-state index >= 15 is 0 Å². The van der Waals surface area contributed by atoms with Crippen molar-refractivity contribution < 1.29 is 8.76 Å². The van der Waals surface area contributed by atoms with E-state index in [1.54, 1.807) is 6.33 Å². The maximum absolute atomic E-state index is 8.78. The number of hydrogen-bond donors (Lipinski definition) is 2. The highest BCUT2D eigenvalue weighted by atomic mass is 32.2. The van der Waals surface area contributed by atoms with Crippen LogP contribution in [0.3, 0.4) is 0 Å². The molecule has 0 fully saturated rings. The van der Waals surface area contributed by atoms with Crippen LogP contribution in [0.15, 0.2) is 30.6 Å². The van der Waals surface area contributed by atoms with Crippen LogP contribution in [0, 0.1) is 0 Å². The second-order valence-corrected chi connectivity index (χ2v) is 2.70. The lowest BCUT2D eigenvalue weighted by molar-refractivity contribution is 0.539. The molecule has 1 heterocycles. The van der Waals surface area contributed by atoms with Gasteiger partial charge in [-0.05, 0) is 12.1 Å². The number of nitrogens with zero attached hydrogens (tertiary/aromatic N) is 1. The Labute approximate surface area is 77.4 Å². The fraction of sp³-hybridized carbons (Fsp3) is 0. The monoisotopic (exact) mass is 198 g/mol. The van der Waals surface area contributed by atoms with Crippen LogP contribution in [0.2, 0.25) is 0 Å². The van der Waals surface area contributed by atoms with Gasteiger partial charge in [0, 0.05) is 11.3 Å².